The van der Waals surface area contributed by atoms with E-state index < -0.39 is 22.8 Å². The SMILES string of the molecule is O=C1NC(=O)N(c2ccc([N+](=O)[O-])cc2)C(=O)/C1=C/c1ccc(OCc2cccc(Cl)c2)cc1. The van der Waals surface area contributed by atoms with Crippen molar-refractivity contribution in [2.45, 2.75) is 6.61 Å². The van der Waals surface area contributed by atoms with E-state index in [0.717, 1.165) is 22.6 Å². The summed E-state index contributed by atoms with van der Waals surface area (Å²) in [5, 5.41) is 13.6. The molecule has 4 amide bonds. The number of halogens is 1. The van der Waals surface area contributed by atoms with Crippen molar-refractivity contribution in [1.29, 1.82) is 0 Å². The number of imide groups is 2. The molecule has 0 aromatic heterocycles. The van der Waals surface area contributed by atoms with Gasteiger partial charge in [0.2, 0.25) is 0 Å². The van der Waals surface area contributed by atoms with Gasteiger partial charge < -0.3 is 4.74 Å². The maximum absolute atomic E-state index is 12.9. The van der Waals surface area contributed by atoms with Crippen LogP contribution in [0.15, 0.2) is 78.4 Å². The molecule has 3 aromatic rings. The van der Waals surface area contributed by atoms with Crippen molar-refractivity contribution >= 4 is 46.9 Å². The van der Waals surface area contributed by atoms with Crippen molar-refractivity contribution in [2.24, 2.45) is 0 Å². The summed E-state index contributed by atoms with van der Waals surface area (Å²) in [6.07, 6.45) is 1.35. The lowest BCUT2D eigenvalue weighted by molar-refractivity contribution is -0.384. The second-order valence-corrected chi connectivity index (χ2v) is 7.66. The lowest BCUT2D eigenvalue weighted by Gasteiger charge is -2.26. The lowest BCUT2D eigenvalue weighted by atomic mass is 10.1. The molecule has 0 spiro atoms. The van der Waals surface area contributed by atoms with Crippen molar-refractivity contribution in [2.75, 3.05) is 4.90 Å². The number of barbiturate groups is 1. The Labute approximate surface area is 198 Å². The Hall–Kier alpha value is -4.50. The molecule has 0 radical (unpaired) electrons. The summed E-state index contributed by atoms with van der Waals surface area (Å²) in [6.45, 7) is 0.314. The van der Waals surface area contributed by atoms with Gasteiger partial charge in [-0.15, -0.1) is 0 Å². The van der Waals surface area contributed by atoms with Gasteiger partial charge >= 0.3 is 6.03 Å². The van der Waals surface area contributed by atoms with Crippen LogP contribution >= 0.6 is 11.6 Å². The molecule has 0 unspecified atom stereocenters. The van der Waals surface area contributed by atoms with Crippen LogP contribution in [0, 0.1) is 10.1 Å². The number of hydrogen-bond donors (Lipinski definition) is 1. The third-order valence-corrected chi connectivity index (χ3v) is 5.14. The lowest BCUT2D eigenvalue weighted by Crippen LogP contribution is -2.54. The molecule has 1 aliphatic rings. The molecule has 1 saturated heterocycles. The molecule has 1 fully saturated rings. The zero-order valence-electron chi connectivity index (χ0n) is 17.4. The topological polar surface area (TPSA) is 119 Å². The Bertz CT molecular complexity index is 1320. The predicted molar refractivity (Wildman–Crippen MR) is 124 cm³/mol. The number of nitro benzene ring substituents is 1. The highest BCUT2D eigenvalue weighted by Gasteiger charge is 2.36. The van der Waals surface area contributed by atoms with Crippen molar-refractivity contribution in [3.05, 3.63) is 105 Å². The van der Waals surface area contributed by atoms with Crippen LogP contribution in [-0.4, -0.2) is 22.8 Å². The number of anilines is 1. The minimum atomic E-state index is -0.939. The summed E-state index contributed by atoms with van der Waals surface area (Å²) < 4.78 is 5.72. The Balaban J connectivity index is 1.51. The summed E-state index contributed by atoms with van der Waals surface area (Å²) in [4.78, 5) is 48.5. The number of benzene rings is 3. The first-order chi connectivity index (χ1) is 16.3. The van der Waals surface area contributed by atoms with Gasteiger partial charge in [-0.25, -0.2) is 9.69 Å². The van der Waals surface area contributed by atoms with Gasteiger partial charge in [0.25, 0.3) is 17.5 Å². The maximum atomic E-state index is 12.9. The number of rotatable bonds is 6. The van der Waals surface area contributed by atoms with E-state index in [0.29, 0.717) is 22.9 Å². The second-order valence-electron chi connectivity index (χ2n) is 7.22. The van der Waals surface area contributed by atoms with Crippen LogP contribution < -0.4 is 15.0 Å². The number of non-ortho nitro benzene ring substituents is 1. The molecule has 0 bridgehead atoms. The van der Waals surface area contributed by atoms with E-state index in [-0.39, 0.29) is 16.9 Å². The maximum Gasteiger partial charge on any atom is 0.335 e. The highest BCUT2D eigenvalue weighted by molar-refractivity contribution is 6.39. The number of carbonyl (C=O) groups is 3. The molecule has 1 heterocycles. The zero-order valence-corrected chi connectivity index (χ0v) is 18.2. The predicted octanol–water partition coefficient (Wildman–Crippen LogP) is 4.49. The molecule has 1 aliphatic heterocycles. The van der Waals surface area contributed by atoms with Crippen molar-refractivity contribution in [1.82, 2.24) is 5.32 Å². The quantitative estimate of drug-likeness (QED) is 0.242. The van der Waals surface area contributed by atoms with E-state index in [4.69, 9.17) is 16.3 Å². The van der Waals surface area contributed by atoms with E-state index in [2.05, 4.69) is 5.32 Å². The second kappa shape index (κ2) is 9.55. The molecule has 34 heavy (non-hydrogen) atoms. The summed E-state index contributed by atoms with van der Waals surface area (Å²) in [7, 11) is 0. The van der Waals surface area contributed by atoms with Crippen molar-refractivity contribution in [3.63, 3.8) is 0 Å². The molecular formula is C24H16ClN3O6. The number of amides is 4. The van der Waals surface area contributed by atoms with Gasteiger partial charge in [0.15, 0.2) is 0 Å². The minimum absolute atomic E-state index is 0.0938. The molecule has 170 valence electrons. The van der Waals surface area contributed by atoms with Gasteiger partial charge in [-0.1, -0.05) is 35.9 Å². The normalized spacial score (nSPS) is 14.8. The fourth-order valence-electron chi connectivity index (χ4n) is 3.24. The summed E-state index contributed by atoms with van der Waals surface area (Å²) in [5.41, 5.74) is 1.07. The number of nitrogens with one attached hydrogen (secondary N) is 1. The van der Waals surface area contributed by atoms with Crippen LogP contribution in [0.5, 0.6) is 5.75 Å². The van der Waals surface area contributed by atoms with Crippen LogP contribution in [-0.2, 0) is 16.2 Å². The Morgan fingerprint density at radius 3 is 2.35 bits per heavy atom. The highest BCUT2D eigenvalue weighted by Crippen LogP contribution is 2.25. The van der Waals surface area contributed by atoms with E-state index >= 15 is 0 Å². The summed E-state index contributed by atoms with van der Waals surface area (Å²) in [6, 6.07) is 17.9. The first-order valence-corrected chi connectivity index (χ1v) is 10.3. The first-order valence-electron chi connectivity index (χ1n) is 9.95. The van der Waals surface area contributed by atoms with Crippen LogP contribution in [0.1, 0.15) is 11.1 Å². The molecule has 0 saturated carbocycles. The number of nitrogens with zero attached hydrogens (tertiary/aromatic N) is 2. The first kappa shape index (κ1) is 22.7. The largest absolute Gasteiger partial charge is 0.489 e. The Kier molecular flexibility index (Phi) is 6.37. The molecule has 0 aliphatic carbocycles. The van der Waals surface area contributed by atoms with E-state index in [1.165, 1.54) is 18.2 Å². The van der Waals surface area contributed by atoms with Crippen LogP contribution in [0.25, 0.3) is 6.08 Å². The number of hydrogen-bond acceptors (Lipinski definition) is 6. The average Bonchev–Trinajstić information content (AvgIpc) is 2.81. The van der Waals surface area contributed by atoms with Crippen LogP contribution in [0.2, 0.25) is 5.02 Å². The van der Waals surface area contributed by atoms with Crippen molar-refractivity contribution < 1.29 is 24.0 Å². The minimum Gasteiger partial charge on any atom is -0.489 e. The molecule has 3 aromatic carbocycles. The van der Waals surface area contributed by atoms with Gasteiger partial charge in [0, 0.05) is 17.2 Å². The van der Waals surface area contributed by atoms with E-state index in [9.17, 15) is 24.5 Å². The van der Waals surface area contributed by atoms with Crippen LogP contribution in [0.3, 0.4) is 0 Å². The Morgan fingerprint density at radius 2 is 1.71 bits per heavy atom. The monoisotopic (exact) mass is 477 g/mol. The van der Waals surface area contributed by atoms with E-state index in [1.54, 1.807) is 36.4 Å². The molecule has 0 atom stereocenters. The van der Waals surface area contributed by atoms with Crippen molar-refractivity contribution in [3.8, 4) is 5.75 Å². The average molecular weight is 478 g/mol. The fraction of sp³-hybridized carbons (Fsp3) is 0.0417. The van der Waals surface area contributed by atoms with Gasteiger partial charge in [-0.3, -0.25) is 25.0 Å². The third-order valence-electron chi connectivity index (χ3n) is 4.91. The standard InChI is InChI=1S/C24H16ClN3O6/c25-17-3-1-2-16(12-17)14-34-20-10-4-15(5-11-20)13-21-22(29)26-24(31)27(23(21)30)18-6-8-19(9-7-18)28(32)33/h1-13H,14H2,(H,26,29,31)/b21-13+. The Morgan fingerprint density at radius 1 is 1.00 bits per heavy atom. The molecule has 1 N–H and O–H groups in total. The van der Waals surface area contributed by atoms with Gasteiger partial charge in [0.05, 0.1) is 10.6 Å². The number of nitro groups is 1. The van der Waals surface area contributed by atoms with Gasteiger partial charge in [-0.05, 0) is 53.6 Å². The number of urea groups is 1. The molecule has 4 rings (SSSR count). The third kappa shape index (κ3) is 4.94. The van der Waals surface area contributed by atoms with Crippen LogP contribution in [0.4, 0.5) is 16.2 Å². The number of carbonyl (C=O) groups excluding carboxylic acids is 3. The summed E-state index contributed by atoms with van der Waals surface area (Å²) >= 11 is 5.97. The van der Waals surface area contributed by atoms with E-state index in [1.807, 2.05) is 12.1 Å². The fourth-order valence-corrected chi connectivity index (χ4v) is 3.45. The van der Waals surface area contributed by atoms with Gasteiger partial charge in [-0.2, -0.15) is 0 Å². The van der Waals surface area contributed by atoms with Gasteiger partial charge in [0.1, 0.15) is 17.9 Å². The zero-order chi connectivity index (χ0) is 24.2. The highest BCUT2D eigenvalue weighted by atomic mass is 35.5. The molecule has 10 heteroatoms. The molecule has 9 nitrogen and oxygen atoms in total. The number of ether oxygens (including phenoxy) is 1. The summed E-state index contributed by atoms with van der Waals surface area (Å²) in [5.74, 6) is -1.11. The molecular weight excluding hydrogens is 462 g/mol. The smallest absolute Gasteiger partial charge is 0.335 e.